The van der Waals surface area contributed by atoms with Gasteiger partial charge < -0.3 is 4.42 Å². The van der Waals surface area contributed by atoms with E-state index in [-0.39, 0.29) is 0 Å². The van der Waals surface area contributed by atoms with Gasteiger partial charge in [-0.25, -0.2) is 9.97 Å². The average Bonchev–Trinajstić information content (AvgIpc) is 3.68. The van der Waals surface area contributed by atoms with E-state index in [2.05, 4.69) is 127 Å². The minimum atomic E-state index is 0.717. The van der Waals surface area contributed by atoms with E-state index in [0.717, 1.165) is 61.1 Å². The summed E-state index contributed by atoms with van der Waals surface area (Å²) in [6.45, 7) is 0. The third-order valence-corrected chi connectivity index (χ3v) is 10.2. The normalized spacial score (nSPS) is 11.9. The molecule has 7 aromatic carbocycles. The van der Waals surface area contributed by atoms with Crippen LogP contribution >= 0.6 is 11.3 Å². The first kappa shape index (κ1) is 25.5. The zero-order chi connectivity index (χ0) is 30.2. The third kappa shape index (κ3) is 3.91. The number of nitrogens with zero attached hydrogens (tertiary/aromatic N) is 2. The maximum atomic E-state index is 6.29. The number of aromatic nitrogens is 2. The van der Waals surface area contributed by atoms with Crippen molar-refractivity contribution in [2.45, 2.75) is 0 Å². The summed E-state index contributed by atoms with van der Waals surface area (Å²) in [4.78, 5) is 10.6. The molecule has 3 aromatic heterocycles. The highest BCUT2D eigenvalue weighted by atomic mass is 32.1. The molecule has 0 atom stereocenters. The fraction of sp³-hybridized carbons (Fsp3) is 0. The highest BCUT2D eigenvalue weighted by molar-refractivity contribution is 7.26. The first-order valence-corrected chi connectivity index (χ1v) is 16.2. The van der Waals surface area contributed by atoms with Crippen LogP contribution in [0.3, 0.4) is 0 Å². The van der Waals surface area contributed by atoms with Crippen molar-refractivity contribution in [3.05, 3.63) is 146 Å². The van der Waals surface area contributed by atoms with E-state index in [9.17, 15) is 0 Å². The van der Waals surface area contributed by atoms with Crippen LogP contribution in [0.25, 0.3) is 97.6 Å². The minimum absolute atomic E-state index is 0.717. The van der Waals surface area contributed by atoms with Gasteiger partial charge in [0.1, 0.15) is 11.2 Å². The molecular formula is C42H24N2OS. The van der Waals surface area contributed by atoms with E-state index in [1.54, 1.807) is 0 Å². The van der Waals surface area contributed by atoms with Crippen LogP contribution in [0.4, 0.5) is 0 Å². The SMILES string of the molecule is c1ccc2cc(-c3cc(-c4nc(-c5ccc6c(c5)oc5ccccc56)c5ccccc5n4)c4c(c3)sc3ccccc34)ccc2c1. The van der Waals surface area contributed by atoms with E-state index < -0.39 is 0 Å². The van der Waals surface area contributed by atoms with Crippen molar-refractivity contribution in [2.75, 3.05) is 0 Å². The van der Waals surface area contributed by atoms with Gasteiger partial charge in [-0.3, -0.25) is 0 Å². The molecular weight excluding hydrogens is 581 g/mol. The lowest BCUT2D eigenvalue weighted by molar-refractivity contribution is 0.669. The Labute approximate surface area is 268 Å². The van der Waals surface area contributed by atoms with Crippen LogP contribution < -0.4 is 0 Å². The molecule has 0 saturated heterocycles. The van der Waals surface area contributed by atoms with Gasteiger partial charge in [0.05, 0.1) is 11.2 Å². The predicted octanol–water partition coefficient (Wildman–Crippen LogP) is 12.1. The third-order valence-electron chi connectivity index (χ3n) is 9.06. The van der Waals surface area contributed by atoms with Gasteiger partial charge in [-0.2, -0.15) is 0 Å². The Hall–Kier alpha value is -5.84. The molecule has 0 aliphatic carbocycles. The number of para-hydroxylation sites is 2. The molecule has 0 fully saturated rings. The fourth-order valence-corrected chi connectivity index (χ4v) is 8.03. The van der Waals surface area contributed by atoms with Crippen LogP contribution in [0.5, 0.6) is 0 Å². The maximum Gasteiger partial charge on any atom is 0.161 e. The van der Waals surface area contributed by atoms with E-state index in [1.807, 2.05) is 29.5 Å². The first-order valence-electron chi connectivity index (χ1n) is 15.4. The summed E-state index contributed by atoms with van der Waals surface area (Å²) in [5, 5.41) is 8.12. The molecule has 0 bridgehead atoms. The van der Waals surface area contributed by atoms with Gasteiger partial charge in [-0.15, -0.1) is 11.3 Å². The fourth-order valence-electron chi connectivity index (χ4n) is 6.86. The van der Waals surface area contributed by atoms with Gasteiger partial charge in [-0.05, 0) is 70.4 Å². The second kappa shape index (κ2) is 9.83. The van der Waals surface area contributed by atoms with Crippen molar-refractivity contribution in [3.8, 4) is 33.8 Å². The monoisotopic (exact) mass is 604 g/mol. The Bertz CT molecular complexity index is 2830. The van der Waals surface area contributed by atoms with Crippen LogP contribution in [-0.4, -0.2) is 9.97 Å². The number of thiophene rings is 1. The van der Waals surface area contributed by atoms with Crippen molar-refractivity contribution in [1.29, 1.82) is 0 Å². The molecule has 3 nitrogen and oxygen atoms in total. The highest BCUT2D eigenvalue weighted by Crippen LogP contribution is 2.43. The topological polar surface area (TPSA) is 38.9 Å². The van der Waals surface area contributed by atoms with Crippen LogP contribution in [0.2, 0.25) is 0 Å². The molecule has 0 unspecified atom stereocenters. The first-order chi connectivity index (χ1) is 22.8. The van der Waals surface area contributed by atoms with E-state index >= 15 is 0 Å². The van der Waals surface area contributed by atoms with Crippen molar-refractivity contribution in [2.24, 2.45) is 0 Å². The molecule has 0 aliphatic rings. The van der Waals surface area contributed by atoms with Crippen LogP contribution in [0.1, 0.15) is 0 Å². The van der Waals surface area contributed by atoms with Crippen molar-refractivity contribution < 1.29 is 4.42 Å². The zero-order valence-electron chi connectivity index (χ0n) is 24.6. The van der Waals surface area contributed by atoms with Crippen molar-refractivity contribution in [1.82, 2.24) is 9.97 Å². The molecule has 3 heterocycles. The molecule has 46 heavy (non-hydrogen) atoms. The van der Waals surface area contributed by atoms with Crippen molar-refractivity contribution in [3.63, 3.8) is 0 Å². The summed E-state index contributed by atoms with van der Waals surface area (Å²) in [5.74, 6) is 0.717. The number of furan rings is 1. The number of rotatable bonds is 3. The van der Waals surface area contributed by atoms with E-state index in [1.165, 1.54) is 36.5 Å². The van der Waals surface area contributed by atoms with E-state index in [0.29, 0.717) is 0 Å². The molecule has 0 amide bonds. The molecule has 0 aliphatic heterocycles. The maximum absolute atomic E-state index is 6.29. The summed E-state index contributed by atoms with van der Waals surface area (Å²) in [6.07, 6.45) is 0. The molecule has 214 valence electrons. The summed E-state index contributed by atoms with van der Waals surface area (Å²) >= 11 is 1.82. The van der Waals surface area contributed by atoms with Gasteiger partial charge >= 0.3 is 0 Å². The molecule has 10 aromatic rings. The lowest BCUT2D eigenvalue weighted by Crippen LogP contribution is -1.96. The van der Waals surface area contributed by atoms with Crippen LogP contribution in [0, 0.1) is 0 Å². The van der Waals surface area contributed by atoms with Gasteiger partial charge in [-0.1, -0.05) is 97.1 Å². The van der Waals surface area contributed by atoms with Gasteiger partial charge in [0.15, 0.2) is 5.82 Å². The Kier molecular flexibility index (Phi) is 5.45. The summed E-state index contributed by atoms with van der Waals surface area (Å²) in [5.41, 5.74) is 7.92. The predicted molar refractivity (Wildman–Crippen MR) is 194 cm³/mol. The number of hydrogen-bond donors (Lipinski definition) is 0. The molecule has 4 heteroatoms. The van der Waals surface area contributed by atoms with Gasteiger partial charge in [0, 0.05) is 47.5 Å². The van der Waals surface area contributed by atoms with Gasteiger partial charge in [0.2, 0.25) is 0 Å². The Morgan fingerprint density at radius 2 is 1.20 bits per heavy atom. The second-order valence-corrected chi connectivity index (χ2v) is 12.9. The van der Waals surface area contributed by atoms with Crippen LogP contribution in [-0.2, 0) is 0 Å². The smallest absolute Gasteiger partial charge is 0.161 e. The van der Waals surface area contributed by atoms with E-state index in [4.69, 9.17) is 14.4 Å². The lowest BCUT2D eigenvalue weighted by atomic mass is 9.96. The highest BCUT2D eigenvalue weighted by Gasteiger charge is 2.19. The Morgan fingerprint density at radius 1 is 0.457 bits per heavy atom. The molecule has 0 radical (unpaired) electrons. The summed E-state index contributed by atoms with van der Waals surface area (Å²) < 4.78 is 8.77. The molecule has 10 rings (SSSR count). The standard InChI is InChI=1S/C42H24N2OS/c1-2-10-26-21-27(18-17-25(26)9-1)29-22-34(40-33-13-5-8-16-38(33)46-39(40)24-29)42-43-35-14-6-3-12-32(35)41(44-42)28-19-20-31-30-11-4-7-15-36(30)45-37(31)23-28/h1-24H. The lowest BCUT2D eigenvalue weighted by Gasteiger charge is -2.12. The Morgan fingerprint density at radius 3 is 2.13 bits per heavy atom. The second-order valence-electron chi connectivity index (χ2n) is 11.8. The molecule has 0 N–H and O–H groups in total. The molecule has 0 saturated carbocycles. The zero-order valence-corrected chi connectivity index (χ0v) is 25.4. The number of hydrogen-bond acceptors (Lipinski definition) is 4. The summed E-state index contributed by atoms with van der Waals surface area (Å²) in [6, 6.07) is 51.4. The molecule has 0 spiro atoms. The number of fused-ring (bicyclic) bond motifs is 8. The summed E-state index contributed by atoms with van der Waals surface area (Å²) in [7, 11) is 0. The quantitative estimate of drug-likeness (QED) is 0.201. The minimum Gasteiger partial charge on any atom is -0.456 e. The van der Waals surface area contributed by atoms with Gasteiger partial charge in [0.25, 0.3) is 0 Å². The number of benzene rings is 7. The Balaban J connectivity index is 1.25. The average molecular weight is 605 g/mol. The largest absolute Gasteiger partial charge is 0.456 e. The van der Waals surface area contributed by atoms with Crippen LogP contribution in [0.15, 0.2) is 150 Å². The van der Waals surface area contributed by atoms with Crippen molar-refractivity contribution >= 4 is 75.1 Å².